The second kappa shape index (κ2) is 12.8. The summed E-state index contributed by atoms with van der Waals surface area (Å²) < 4.78 is 6.43. The number of carbonyl (C=O) groups is 2. The van der Waals surface area contributed by atoms with Crippen LogP contribution in [-0.2, 0) is 6.54 Å². The van der Waals surface area contributed by atoms with E-state index in [0.29, 0.717) is 46.7 Å². The van der Waals surface area contributed by atoms with Crippen LogP contribution >= 0.6 is 23.2 Å². The quantitative estimate of drug-likeness (QED) is 0.435. The third kappa shape index (κ3) is 7.74. The minimum atomic E-state index is -0.378. The third-order valence-electron chi connectivity index (χ3n) is 6.27. The molecule has 2 aromatic rings. The number of carbonyl (C=O) groups excluding carboxylic acids is 2. The van der Waals surface area contributed by atoms with Gasteiger partial charge in [0.25, 0.3) is 5.91 Å². The zero-order valence-electron chi connectivity index (χ0n) is 21.9. The maximum absolute atomic E-state index is 13.6. The first-order valence-corrected chi connectivity index (χ1v) is 13.2. The number of nitrogens with one attached hydrogen (secondary N) is 2. The molecule has 1 heterocycles. The van der Waals surface area contributed by atoms with E-state index in [1.165, 1.54) is 0 Å². The third-order valence-corrected chi connectivity index (χ3v) is 7.01. The Kier molecular flexibility index (Phi) is 10.1. The Morgan fingerprint density at radius 1 is 1.19 bits per heavy atom. The summed E-state index contributed by atoms with van der Waals surface area (Å²) in [4.78, 5) is 29.6. The van der Waals surface area contributed by atoms with Gasteiger partial charge in [-0.15, -0.1) is 0 Å². The zero-order valence-corrected chi connectivity index (χ0v) is 23.4. The highest BCUT2D eigenvalue weighted by Crippen LogP contribution is 2.31. The molecule has 0 aromatic heterocycles. The molecule has 1 aliphatic heterocycles. The van der Waals surface area contributed by atoms with Crippen LogP contribution in [0.4, 0.5) is 10.5 Å². The van der Waals surface area contributed by atoms with Gasteiger partial charge in [-0.2, -0.15) is 0 Å². The number of anilines is 1. The molecule has 3 amide bonds. The number of hydrogen-bond donors (Lipinski definition) is 3. The molecule has 0 saturated carbocycles. The van der Waals surface area contributed by atoms with Crippen LogP contribution in [0.3, 0.4) is 0 Å². The van der Waals surface area contributed by atoms with E-state index in [4.69, 9.17) is 27.9 Å². The fraction of sp³-hybridized carbons (Fsp3) is 0.481. The van der Waals surface area contributed by atoms with Crippen LogP contribution in [0, 0.1) is 5.92 Å². The molecule has 0 bridgehead atoms. The first-order valence-electron chi connectivity index (χ1n) is 12.4. The molecule has 8 nitrogen and oxygen atoms in total. The van der Waals surface area contributed by atoms with Crippen molar-refractivity contribution in [1.29, 1.82) is 0 Å². The Balaban J connectivity index is 1.87. The van der Waals surface area contributed by atoms with Gasteiger partial charge in [0.15, 0.2) is 0 Å². The minimum absolute atomic E-state index is 0.0167. The molecular formula is C27H36Cl2N4O4. The topological polar surface area (TPSA) is 94.1 Å². The number of urea groups is 1. The van der Waals surface area contributed by atoms with Gasteiger partial charge < -0.3 is 25.4 Å². The molecule has 37 heavy (non-hydrogen) atoms. The van der Waals surface area contributed by atoms with Crippen LogP contribution in [0.5, 0.6) is 5.75 Å². The van der Waals surface area contributed by atoms with Gasteiger partial charge in [0.1, 0.15) is 11.9 Å². The van der Waals surface area contributed by atoms with Crippen LogP contribution in [0.25, 0.3) is 0 Å². The summed E-state index contributed by atoms with van der Waals surface area (Å²) in [5.41, 5.74) is 1.84. The second-order valence-corrected chi connectivity index (χ2v) is 10.8. The molecule has 0 aliphatic carbocycles. The van der Waals surface area contributed by atoms with Crippen molar-refractivity contribution in [2.24, 2.45) is 5.92 Å². The van der Waals surface area contributed by atoms with Crippen LogP contribution in [-0.4, -0.2) is 71.8 Å². The fourth-order valence-electron chi connectivity index (χ4n) is 4.27. The number of fused-ring (bicyclic) bond motifs is 1. The standard InChI is InChI=1S/C27H36Cl2N4O4/c1-16(2)30-27(36)31-20-7-9-24-21(11-20)26(35)33(18(4)15-34)12-17(3)25(37-24)14-32(5)13-19-6-8-22(28)23(29)10-19/h6-11,16-18,25,34H,12-15H2,1-5H3,(H2,30,31,36)/t17-,18-,25-/m0/s1. The lowest BCUT2D eigenvalue weighted by atomic mass is 9.99. The molecule has 202 valence electrons. The van der Waals surface area contributed by atoms with Crippen LogP contribution < -0.4 is 15.4 Å². The number of benzene rings is 2. The van der Waals surface area contributed by atoms with Crippen molar-refractivity contribution >= 4 is 40.8 Å². The second-order valence-electron chi connectivity index (χ2n) is 10.0. The zero-order chi connectivity index (χ0) is 27.3. The van der Waals surface area contributed by atoms with Crippen molar-refractivity contribution in [3.63, 3.8) is 0 Å². The number of hydrogen-bond acceptors (Lipinski definition) is 5. The molecule has 0 saturated heterocycles. The van der Waals surface area contributed by atoms with Crippen LogP contribution in [0.15, 0.2) is 36.4 Å². The fourth-order valence-corrected chi connectivity index (χ4v) is 4.59. The highest BCUT2D eigenvalue weighted by Gasteiger charge is 2.33. The van der Waals surface area contributed by atoms with Crippen molar-refractivity contribution in [3.8, 4) is 5.75 Å². The first-order chi connectivity index (χ1) is 17.5. The summed E-state index contributed by atoms with van der Waals surface area (Å²) in [5, 5.41) is 16.4. The normalized spacial score (nSPS) is 18.6. The number of ether oxygens (including phenoxy) is 1. The number of amides is 3. The Hall–Kier alpha value is -2.52. The Morgan fingerprint density at radius 3 is 2.57 bits per heavy atom. The van der Waals surface area contributed by atoms with Crippen molar-refractivity contribution in [1.82, 2.24) is 15.1 Å². The Labute approximate surface area is 228 Å². The molecule has 0 spiro atoms. The van der Waals surface area contributed by atoms with Gasteiger partial charge in [0.2, 0.25) is 0 Å². The van der Waals surface area contributed by atoms with E-state index in [9.17, 15) is 14.7 Å². The monoisotopic (exact) mass is 550 g/mol. The van der Waals surface area contributed by atoms with Gasteiger partial charge in [0.05, 0.1) is 28.3 Å². The molecule has 3 rings (SSSR count). The van der Waals surface area contributed by atoms with E-state index < -0.39 is 0 Å². The van der Waals surface area contributed by atoms with E-state index in [1.807, 2.05) is 46.9 Å². The predicted octanol–water partition coefficient (Wildman–Crippen LogP) is 4.88. The van der Waals surface area contributed by atoms with Gasteiger partial charge in [0, 0.05) is 37.3 Å². The van der Waals surface area contributed by atoms with E-state index in [2.05, 4.69) is 15.5 Å². The van der Waals surface area contributed by atoms with E-state index in [1.54, 1.807) is 29.2 Å². The van der Waals surface area contributed by atoms with Crippen molar-refractivity contribution in [2.45, 2.75) is 52.4 Å². The number of halogens is 2. The average molecular weight is 552 g/mol. The van der Waals surface area contributed by atoms with Crippen molar-refractivity contribution in [2.75, 3.05) is 32.1 Å². The smallest absolute Gasteiger partial charge is 0.319 e. The molecule has 3 N–H and O–H groups in total. The number of rotatable bonds is 8. The minimum Gasteiger partial charge on any atom is -0.488 e. The molecule has 0 unspecified atom stereocenters. The van der Waals surface area contributed by atoms with Crippen LogP contribution in [0.2, 0.25) is 10.0 Å². The van der Waals surface area contributed by atoms with E-state index in [-0.39, 0.29) is 42.7 Å². The van der Waals surface area contributed by atoms with E-state index >= 15 is 0 Å². The summed E-state index contributed by atoms with van der Waals surface area (Å²) in [6.07, 6.45) is -0.240. The first kappa shape index (κ1) is 29.0. The van der Waals surface area contributed by atoms with Crippen molar-refractivity contribution < 1.29 is 19.4 Å². The average Bonchev–Trinajstić information content (AvgIpc) is 2.83. The number of aliphatic hydroxyl groups is 1. The lowest BCUT2D eigenvalue weighted by Gasteiger charge is -2.38. The maximum Gasteiger partial charge on any atom is 0.319 e. The van der Waals surface area contributed by atoms with Gasteiger partial charge in [-0.05, 0) is 63.7 Å². The predicted molar refractivity (Wildman–Crippen MR) is 148 cm³/mol. The maximum atomic E-state index is 13.6. The summed E-state index contributed by atoms with van der Waals surface area (Å²) in [7, 11) is 2.00. The largest absolute Gasteiger partial charge is 0.488 e. The van der Waals surface area contributed by atoms with Gasteiger partial charge in [-0.3, -0.25) is 9.69 Å². The lowest BCUT2D eigenvalue weighted by molar-refractivity contribution is 0.0341. The number of aliphatic hydroxyl groups excluding tert-OH is 1. The molecule has 0 fully saturated rings. The number of likely N-dealkylation sites (N-methyl/N-ethyl adjacent to an activating group) is 1. The summed E-state index contributed by atoms with van der Waals surface area (Å²) in [5.74, 6) is 0.172. The molecule has 0 radical (unpaired) electrons. The highest BCUT2D eigenvalue weighted by molar-refractivity contribution is 6.42. The van der Waals surface area contributed by atoms with Crippen LogP contribution in [0.1, 0.15) is 43.6 Å². The molecular weight excluding hydrogens is 515 g/mol. The van der Waals surface area contributed by atoms with Crippen molar-refractivity contribution in [3.05, 3.63) is 57.6 Å². The van der Waals surface area contributed by atoms with Gasteiger partial charge in [-0.25, -0.2) is 4.79 Å². The number of nitrogens with zero attached hydrogens (tertiary/aromatic N) is 2. The summed E-state index contributed by atoms with van der Waals surface area (Å²) in [6.45, 7) is 9.07. The van der Waals surface area contributed by atoms with Gasteiger partial charge in [-0.1, -0.05) is 36.2 Å². The summed E-state index contributed by atoms with van der Waals surface area (Å²) >= 11 is 12.2. The SMILES string of the molecule is CC(C)NC(=O)Nc1ccc2c(c1)C(=O)N([C@@H](C)CO)C[C@H](C)[C@H](CN(C)Cc1ccc(Cl)c(Cl)c1)O2. The Bertz CT molecular complexity index is 1110. The molecule has 10 heteroatoms. The molecule has 1 aliphatic rings. The highest BCUT2D eigenvalue weighted by atomic mass is 35.5. The lowest BCUT2D eigenvalue weighted by Crippen LogP contribution is -2.49. The Morgan fingerprint density at radius 2 is 1.92 bits per heavy atom. The van der Waals surface area contributed by atoms with E-state index in [0.717, 1.165) is 5.56 Å². The molecule has 2 aromatic carbocycles. The van der Waals surface area contributed by atoms with Gasteiger partial charge >= 0.3 is 6.03 Å². The summed E-state index contributed by atoms with van der Waals surface area (Å²) in [6, 6.07) is 9.87. The molecule has 3 atom stereocenters.